The molecule has 0 bridgehead atoms. The van der Waals surface area contributed by atoms with E-state index < -0.39 is 12.2 Å². The van der Waals surface area contributed by atoms with E-state index in [9.17, 15) is 13.6 Å². The van der Waals surface area contributed by atoms with Gasteiger partial charge >= 0.3 is 6.61 Å². The lowest BCUT2D eigenvalue weighted by Gasteiger charge is -2.13. The number of aromatic nitrogens is 5. The van der Waals surface area contributed by atoms with E-state index in [2.05, 4.69) is 19.9 Å². The zero-order valence-electron chi connectivity index (χ0n) is 19.3. The minimum atomic E-state index is -2.94. The lowest BCUT2D eigenvalue weighted by Crippen LogP contribution is -2.23. The summed E-state index contributed by atoms with van der Waals surface area (Å²) in [7, 11) is 1.83. The summed E-state index contributed by atoms with van der Waals surface area (Å²) in [6, 6.07) is 14.8. The standard InChI is InChI=1S/C26H21F2N5O3/c1-32-13-17-12-18(6-9-20(17)30-32)33-25(34)23(16-4-7-19(8-5-16)36-26(27)28)24-21(31-33)10-11-22(29-24)35-14-15-2-3-15/h4-13,15,26H,2-3,14H2,1H3. The van der Waals surface area contributed by atoms with Crippen LogP contribution >= 0.6 is 0 Å². The first-order valence-electron chi connectivity index (χ1n) is 11.5. The molecule has 0 aliphatic heterocycles. The fraction of sp³-hybridized carbons (Fsp3) is 0.231. The van der Waals surface area contributed by atoms with Gasteiger partial charge < -0.3 is 9.47 Å². The van der Waals surface area contributed by atoms with E-state index in [0.717, 1.165) is 23.7 Å². The number of ether oxygens (including phenoxy) is 2. The highest BCUT2D eigenvalue weighted by molar-refractivity contribution is 5.91. The number of rotatable bonds is 7. The number of fused-ring (bicyclic) bond motifs is 2. The van der Waals surface area contributed by atoms with Crippen LogP contribution in [0.2, 0.25) is 0 Å². The second kappa shape index (κ2) is 8.71. The highest BCUT2D eigenvalue weighted by Gasteiger charge is 2.23. The third-order valence-electron chi connectivity index (χ3n) is 6.08. The van der Waals surface area contributed by atoms with Crippen LogP contribution in [-0.4, -0.2) is 37.8 Å². The van der Waals surface area contributed by atoms with Gasteiger partial charge in [0, 0.05) is 24.7 Å². The average Bonchev–Trinajstić information content (AvgIpc) is 3.61. The van der Waals surface area contributed by atoms with Crippen LogP contribution in [0, 0.1) is 5.92 Å². The fourth-order valence-electron chi connectivity index (χ4n) is 4.13. The van der Waals surface area contributed by atoms with Gasteiger partial charge in [-0.1, -0.05) is 12.1 Å². The van der Waals surface area contributed by atoms with E-state index in [0.29, 0.717) is 40.7 Å². The van der Waals surface area contributed by atoms with Crippen LogP contribution in [0.5, 0.6) is 11.6 Å². The van der Waals surface area contributed by atoms with Crippen LogP contribution in [0.3, 0.4) is 0 Å². The van der Waals surface area contributed by atoms with Gasteiger partial charge in [-0.05, 0) is 60.7 Å². The van der Waals surface area contributed by atoms with Crippen molar-refractivity contribution in [3.8, 4) is 28.4 Å². The van der Waals surface area contributed by atoms with Crippen LogP contribution in [0.15, 0.2) is 65.6 Å². The summed E-state index contributed by atoms with van der Waals surface area (Å²) in [4.78, 5) is 18.4. The molecule has 1 fully saturated rings. The van der Waals surface area contributed by atoms with Crippen molar-refractivity contribution in [2.45, 2.75) is 19.5 Å². The van der Waals surface area contributed by atoms with Gasteiger partial charge in [-0.25, -0.2) is 4.98 Å². The normalized spacial score (nSPS) is 13.6. The number of hydrogen-bond donors (Lipinski definition) is 0. The molecule has 5 aromatic rings. The predicted octanol–water partition coefficient (Wildman–Crippen LogP) is 4.72. The molecule has 0 unspecified atom stereocenters. The summed E-state index contributed by atoms with van der Waals surface area (Å²) >= 11 is 0. The molecule has 0 N–H and O–H groups in total. The van der Waals surface area contributed by atoms with Gasteiger partial charge in [-0.15, -0.1) is 0 Å². The van der Waals surface area contributed by atoms with Crippen molar-refractivity contribution < 1.29 is 18.3 Å². The molecule has 36 heavy (non-hydrogen) atoms. The molecule has 1 aliphatic carbocycles. The van der Waals surface area contributed by atoms with Crippen LogP contribution in [0.4, 0.5) is 8.78 Å². The maximum atomic E-state index is 13.8. The van der Waals surface area contributed by atoms with Crippen LogP contribution < -0.4 is 15.0 Å². The van der Waals surface area contributed by atoms with E-state index in [4.69, 9.17) is 4.74 Å². The summed E-state index contributed by atoms with van der Waals surface area (Å²) in [5.41, 5.74) is 2.60. The van der Waals surface area contributed by atoms with Crippen LogP contribution in [-0.2, 0) is 7.05 Å². The molecule has 0 radical (unpaired) electrons. The first-order chi connectivity index (χ1) is 17.4. The Morgan fingerprint density at radius 1 is 1.03 bits per heavy atom. The first-order valence-corrected chi connectivity index (χ1v) is 11.5. The Hall–Kier alpha value is -4.34. The van der Waals surface area contributed by atoms with Crippen molar-refractivity contribution in [2.24, 2.45) is 13.0 Å². The Morgan fingerprint density at radius 2 is 1.81 bits per heavy atom. The van der Waals surface area contributed by atoms with Gasteiger partial charge in [-0.2, -0.15) is 23.7 Å². The minimum Gasteiger partial charge on any atom is -0.477 e. The van der Waals surface area contributed by atoms with Crippen molar-refractivity contribution >= 4 is 21.9 Å². The van der Waals surface area contributed by atoms with Crippen molar-refractivity contribution in [1.29, 1.82) is 0 Å². The number of pyridine rings is 1. The smallest absolute Gasteiger partial charge is 0.387 e. The Morgan fingerprint density at radius 3 is 2.56 bits per heavy atom. The van der Waals surface area contributed by atoms with Gasteiger partial charge in [-0.3, -0.25) is 9.48 Å². The number of halogens is 2. The monoisotopic (exact) mass is 489 g/mol. The molecular weight excluding hydrogens is 468 g/mol. The molecule has 10 heteroatoms. The molecule has 0 amide bonds. The summed E-state index contributed by atoms with van der Waals surface area (Å²) in [6.07, 6.45) is 4.14. The van der Waals surface area contributed by atoms with Crippen molar-refractivity contribution in [3.05, 3.63) is 71.1 Å². The van der Waals surface area contributed by atoms with E-state index in [-0.39, 0.29) is 11.3 Å². The molecular formula is C26H21F2N5O3. The largest absolute Gasteiger partial charge is 0.477 e. The molecule has 0 atom stereocenters. The third kappa shape index (κ3) is 4.26. The Labute approximate surface area is 203 Å². The zero-order valence-corrected chi connectivity index (χ0v) is 19.3. The van der Waals surface area contributed by atoms with Crippen LogP contribution in [0.25, 0.3) is 38.8 Å². The van der Waals surface area contributed by atoms with Crippen molar-refractivity contribution in [2.75, 3.05) is 6.61 Å². The third-order valence-corrected chi connectivity index (χ3v) is 6.08. The van der Waals surface area contributed by atoms with Gasteiger partial charge in [0.2, 0.25) is 5.88 Å². The molecule has 2 aromatic carbocycles. The number of hydrogen-bond acceptors (Lipinski definition) is 6. The summed E-state index contributed by atoms with van der Waals surface area (Å²) in [6.45, 7) is -2.37. The summed E-state index contributed by atoms with van der Waals surface area (Å²) < 4.78 is 38.6. The minimum absolute atomic E-state index is 0.00381. The zero-order chi connectivity index (χ0) is 24.8. The van der Waals surface area contributed by atoms with E-state index in [1.165, 1.54) is 16.8 Å². The molecule has 182 valence electrons. The summed E-state index contributed by atoms with van der Waals surface area (Å²) in [5.74, 6) is 0.942. The molecule has 1 saturated carbocycles. The maximum Gasteiger partial charge on any atom is 0.387 e. The molecule has 3 heterocycles. The Balaban J connectivity index is 1.52. The lowest BCUT2D eigenvalue weighted by molar-refractivity contribution is -0.0498. The Bertz CT molecular complexity index is 1640. The van der Waals surface area contributed by atoms with Crippen LogP contribution in [0.1, 0.15) is 12.8 Å². The van der Waals surface area contributed by atoms with Crippen molar-refractivity contribution in [1.82, 2.24) is 24.5 Å². The van der Waals surface area contributed by atoms with Gasteiger partial charge in [0.15, 0.2) is 0 Å². The molecule has 6 rings (SSSR count). The average molecular weight is 489 g/mol. The number of alkyl halides is 2. The Kier molecular flexibility index (Phi) is 5.36. The highest BCUT2D eigenvalue weighted by Crippen LogP contribution is 2.31. The SMILES string of the molecule is Cn1cc2cc(-n3nc4ccc(OCC5CC5)nc4c(-c4ccc(OC(F)F)cc4)c3=O)ccc2n1. The molecule has 0 spiro atoms. The fourth-order valence-corrected chi connectivity index (χ4v) is 4.13. The molecule has 8 nitrogen and oxygen atoms in total. The number of benzene rings is 2. The predicted molar refractivity (Wildman–Crippen MR) is 130 cm³/mol. The second-order valence-electron chi connectivity index (χ2n) is 8.81. The molecule has 0 saturated heterocycles. The van der Waals surface area contributed by atoms with E-state index >= 15 is 0 Å². The van der Waals surface area contributed by atoms with Gasteiger partial charge in [0.05, 0.1) is 23.4 Å². The van der Waals surface area contributed by atoms with Crippen molar-refractivity contribution in [3.63, 3.8) is 0 Å². The first kappa shape index (κ1) is 22.1. The quantitative estimate of drug-likeness (QED) is 0.329. The van der Waals surface area contributed by atoms with E-state index in [1.54, 1.807) is 35.0 Å². The molecule has 1 aliphatic rings. The number of nitrogens with zero attached hydrogens (tertiary/aromatic N) is 5. The van der Waals surface area contributed by atoms with Gasteiger partial charge in [0.1, 0.15) is 16.8 Å². The number of aryl methyl sites for hydroxylation is 1. The maximum absolute atomic E-state index is 13.8. The second-order valence-corrected chi connectivity index (χ2v) is 8.81. The topological polar surface area (TPSA) is 84.1 Å². The lowest BCUT2D eigenvalue weighted by atomic mass is 10.1. The molecule has 3 aromatic heterocycles. The van der Waals surface area contributed by atoms with E-state index in [1.807, 2.05) is 25.4 Å². The summed E-state index contributed by atoms with van der Waals surface area (Å²) in [5, 5.41) is 9.82. The van der Waals surface area contributed by atoms with Gasteiger partial charge in [0.25, 0.3) is 5.56 Å². The highest BCUT2D eigenvalue weighted by atomic mass is 19.3.